The zero-order chi connectivity index (χ0) is 13.4. The first-order chi connectivity index (χ1) is 8.61. The van der Waals surface area contributed by atoms with Crippen molar-refractivity contribution in [2.75, 3.05) is 13.2 Å². The zero-order valence-corrected chi connectivity index (χ0v) is 10.3. The summed E-state index contributed by atoms with van der Waals surface area (Å²) in [6.45, 7) is 2.38. The summed E-state index contributed by atoms with van der Waals surface area (Å²) < 4.78 is 4.66. The molecule has 0 saturated heterocycles. The number of rotatable bonds is 6. The van der Waals surface area contributed by atoms with E-state index in [1.807, 2.05) is 6.07 Å². The van der Waals surface area contributed by atoms with E-state index in [9.17, 15) is 14.7 Å². The maximum atomic E-state index is 11.3. The number of ether oxygens (including phenoxy) is 1. The standard InChI is InChI=1S/C13H17NO4/c1-2-18-13(17)9-12(16)14-7-6-10-4-3-5-11(15)8-10/h3-5,8,15H,2,6-7,9H2,1H3,(H,14,16). The highest BCUT2D eigenvalue weighted by Gasteiger charge is 2.09. The second kappa shape index (κ2) is 7.32. The van der Waals surface area contributed by atoms with Crippen molar-refractivity contribution in [1.29, 1.82) is 0 Å². The summed E-state index contributed by atoms with van der Waals surface area (Å²) in [5.74, 6) is -0.675. The maximum absolute atomic E-state index is 11.3. The third-order valence-electron chi connectivity index (χ3n) is 2.26. The predicted octanol–water partition coefficient (Wildman–Crippen LogP) is 1.00. The predicted molar refractivity (Wildman–Crippen MR) is 66.1 cm³/mol. The van der Waals surface area contributed by atoms with Crippen LogP contribution in [0.15, 0.2) is 24.3 Å². The van der Waals surface area contributed by atoms with Gasteiger partial charge < -0.3 is 15.2 Å². The van der Waals surface area contributed by atoms with Gasteiger partial charge in [-0.3, -0.25) is 9.59 Å². The number of phenolic OH excluding ortho intramolecular Hbond substituents is 1. The fourth-order valence-electron chi connectivity index (χ4n) is 1.46. The number of benzene rings is 1. The average Bonchev–Trinajstić information content (AvgIpc) is 2.29. The fraction of sp³-hybridized carbons (Fsp3) is 0.385. The van der Waals surface area contributed by atoms with E-state index in [1.54, 1.807) is 25.1 Å². The Hall–Kier alpha value is -2.04. The molecule has 0 atom stereocenters. The van der Waals surface area contributed by atoms with Crippen molar-refractivity contribution in [2.24, 2.45) is 0 Å². The van der Waals surface area contributed by atoms with E-state index in [0.29, 0.717) is 13.0 Å². The lowest BCUT2D eigenvalue weighted by atomic mass is 10.1. The lowest BCUT2D eigenvalue weighted by molar-refractivity contribution is -0.145. The Kier molecular flexibility index (Phi) is 5.70. The molecule has 0 fully saturated rings. The maximum Gasteiger partial charge on any atom is 0.315 e. The monoisotopic (exact) mass is 251 g/mol. The van der Waals surface area contributed by atoms with Crippen LogP contribution in [0.3, 0.4) is 0 Å². The van der Waals surface area contributed by atoms with E-state index in [4.69, 9.17) is 0 Å². The van der Waals surface area contributed by atoms with Crippen LogP contribution in [0, 0.1) is 0 Å². The number of nitrogens with one attached hydrogen (secondary N) is 1. The van der Waals surface area contributed by atoms with Gasteiger partial charge >= 0.3 is 5.97 Å². The van der Waals surface area contributed by atoms with Gasteiger partial charge in [0.15, 0.2) is 0 Å². The smallest absolute Gasteiger partial charge is 0.315 e. The Morgan fingerprint density at radius 1 is 1.39 bits per heavy atom. The highest BCUT2D eigenvalue weighted by atomic mass is 16.5. The van der Waals surface area contributed by atoms with Crippen LogP contribution < -0.4 is 5.32 Å². The normalized spacial score (nSPS) is 9.83. The molecule has 0 aliphatic carbocycles. The van der Waals surface area contributed by atoms with Gasteiger partial charge in [0, 0.05) is 6.54 Å². The molecule has 1 rings (SSSR count). The van der Waals surface area contributed by atoms with E-state index in [0.717, 1.165) is 5.56 Å². The number of carbonyl (C=O) groups is 2. The molecule has 0 heterocycles. The van der Waals surface area contributed by atoms with Crippen molar-refractivity contribution in [2.45, 2.75) is 19.8 Å². The third kappa shape index (κ3) is 5.34. The number of carbonyl (C=O) groups excluding carboxylic acids is 2. The molecule has 0 aliphatic heterocycles. The molecule has 0 saturated carbocycles. The summed E-state index contributed by atoms with van der Waals surface area (Å²) in [6.07, 6.45) is 0.344. The lowest BCUT2D eigenvalue weighted by Crippen LogP contribution is -2.28. The molecule has 2 N–H and O–H groups in total. The third-order valence-corrected chi connectivity index (χ3v) is 2.26. The van der Waals surface area contributed by atoms with Crippen LogP contribution >= 0.6 is 0 Å². The Labute approximate surface area is 106 Å². The number of hydrogen-bond donors (Lipinski definition) is 2. The van der Waals surface area contributed by atoms with Crippen molar-refractivity contribution in [3.63, 3.8) is 0 Å². The summed E-state index contributed by atoms with van der Waals surface area (Å²) in [6, 6.07) is 6.82. The Morgan fingerprint density at radius 2 is 2.17 bits per heavy atom. The SMILES string of the molecule is CCOC(=O)CC(=O)NCCc1cccc(O)c1. The van der Waals surface area contributed by atoms with Crippen molar-refractivity contribution < 1.29 is 19.4 Å². The Bertz CT molecular complexity index is 417. The van der Waals surface area contributed by atoms with Gasteiger partial charge in [0.05, 0.1) is 6.61 Å². The summed E-state index contributed by atoms with van der Waals surface area (Å²) in [7, 11) is 0. The first kappa shape index (κ1) is 14.0. The molecule has 0 aromatic heterocycles. The molecule has 5 nitrogen and oxygen atoms in total. The van der Waals surface area contributed by atoms with E-state index < -0.39 is 5.97 Å². The van der Waals surface area contributed by atoms with Crippen molar-refractivity contribution >= 4 is 11.9 Å². The van der Waals surface area contributed by atoms with E-state index >= 15 is 0 Å². The Balaban J connectivity index is 2.25. The molecule has 0 aliphatic rings. The average molecular weight is 251 g/mol. The largest absolute Gasteiger partial charge is 0.508 e. The molecule has 0 bridgehead atoms. The van der Waals surface area contributed by atoms with Crippen molar-refractivity contribution in [3.8, 4) is 5.75 Å². The van der Waals surface area contributed by atoms with Crippen LogP contribution in [0.5, 0.6) is 5.75 Å². The molecule has 0 spiro atoms. The number of phenols is 1. The van der Waals surface area contributed by atoms with Gasteiger partial charge in [-0.2, -0.15) is 0 Å². The molecule has 0 radical (unpaired) electrons. The van der Waals surface area contributed by atoms with Gasteiger partial charge in [-0.1, -0.05) is 12.1 Å². The molecule has 18 heavy (non-hydrogen) atoms. The zero-order valence-electron chi connectivity index (χ0n) is 10.3. The highest BCUT2D eigenvalue weighted by Crippen LogP contribution is 2.10. The minimum atomic E-state index is -0.521. The van der Waals surface area contributed by atoms with Crippen LogP contribution in [0.4, 0.5) is 0 Å². The van der Waals surface area contributed by atoms with Crippen molar-refractivity contribution in [3.05, 3.63) is 29.8 Å². The van der Waals surface area contributed by atoms with Crippen LogP contribution in [0.2, 0.25) is 0 Å². The second-order valence-corrected chi connectivity index (χ2v) is 3.75. The van der Waals surface area contributed by atoms with E-state index in [2.05, 4.69) is 10.1 Å². The molecule has 1 aromatic rings. The quantitative estimate of drug-likeness (QED) is 0.584. The Morgan fingerprint density at radius 3 is 2.83 bits per heavy atom. The molecule has 5 heteroatoms. The van der Waals surface area contributed by atoms with E-state index in [1.165, 1.54) is 0 Å². The summed E-state index contributed by atoms with van der Waals surface area (Å²) in [4.78, 5) is 22.3. The van der Waals surface area contributed by atoms with Crippen molar-refractivity contribution in [1.82, 2.24) is 5.32 Å². The van der Waals surface area contributed by atoms with Gasteiger partial charge in [0.2, 0.25) is 5.91 Å². The molecular formula is C13H17NO4. The number of amides is 1. The van der Waals surface area contributed by atoms with Gasteiger partial charge in [0.25, 0.3) is 0 Å². The fourth-order valence-corrected chi connectivity index (χ4v) is 1.46. The van der Waals surface area contributed by atoms with Gasteiger partial charge in [-0.05, 0) is 31.0 Å². The minimum Gasteiger partial charge on any atom is -0.508 e. The van der Waals surface area contributed by atoms with Gasteiger partial charge in [-0.25, -0.2) is 0 Å². The summed E-state index contributed by atoms with van der Waals surface area (Å²) in [5.41, 5.74) is 0.923. The summed E-state index contributed by atoms with van der Waals surface area (Å²) >= 11 is 0. The molecule has 98 valence electrons. The van der Waals surface area contributed by atoms with Crippen LogP contribution in [0.1, 0.15) is 18.9 Å². The van der Waals surface area contributed by atoms with Gasteiger partial charge in [0.1, 0.15) is 12.2 Å². The first-order valence-corrected chi connectivity index (χ1v) is 5.82. The number of aromatic hydroxyl groups is 1. The molecular weight excluding hydrogens is 234 g/mol. The molecule has 1 aromatic carbocycles. The van der Waals surface area contributed by atoms with Gasteiger partial charge in [-0.15, -0.1) is 0 Å². The number of esters is 1. The first-order valence-electron chi connectivity index (χ1n) is 5.82. The lowest BCUT2D eigenvalue weighted by Gasteiger charge is -2.05. The summed E-state index contributed by atoms with van der Waals surface area (Å²) in [5, 5.41) is 11.9. The topological polar surface area (TPSA) is 75.6 Å². The number of hydrogen-bond acceptors (Lipinski definition) is 4. The molecule has 1 amide bonds. The van der Waals surface area contributed by atoms with Crippen LogP contribution in [-0.4, -0.2) is 30.1 Å². The van der Waals surface area contributed by atoms with Crippen LogP contribution in [0.25, 0.3) is 0 Å². The molecule has 0 unspecified atom stereocenters. The van der Waals surface area contributed by atoms with E-state index in [-0.39, 0.29) is 24.7 Å². The highest BCUT2D eigenvalue weighted by molar-refractivity contribution is 5.94. The second-order valence-electron chi connectivity index (χ2n) is 3.75. The van der Waals surface area contributed by atoms with Crippen LogP contribution in [-0.2, 0) is 20.7 Å². The minimum absolute atomic E-state index is 0.199.